The van der Waals surface area contributed by atoms with Gasteiger partial charge in [0.2, 0.25) is 5.76 Å². The van der Waals surface area contributed by atoms with Gasteiger partial charge in [0.25, 0.3) is 5.91 Å². The number of aryl methyl sites for hydroxylation is 1. The van der Waals surface area contributed by atoms with Crippen LogP contribution in [0.1, 0.15) is 47.9 Å². The summed E-state index contributed by atoms with van der Waals surface area (Å²) in [5.74, 6) is 0.0835. The normalized spacial score (nSPS) is 18.3. The fourth-order valence-electron chi connectivity index (χ4n) is 4.36. The number of fused-ring (bicyclic) bond motifs is 1. The number of benzene rings is 1. The molecule has 1 saturated heterocycles. The molecule has 1 aliphatic carbocycles. The van der Waals surface area contributed by atoms with E-state index in [1.54, 1.807) is 6.08 Å². The Kier molecular flexibility index (Phi) is 6.09. The molecule has 2 heterocycles. The summed E-state index contributed by atoms with van der Waals surface area (Å²) < 4.78 is 6.00. The molecule has 2 aliphatic rings. The van der Waals surface area contributed by atoms with E-state index in [-0.39, 0.29) is 17.7 Å². The summed E-state index contributed by atoms with van der Waals surface area (Å²) in [6.45, 7) is 7.66. The lowest BCUT2D eigenvalue weighted by atomic mass is 10.1. The van der Waals surface area contributed by atoms with E-state index in [9.17, 15) is 4.79 Å². The molecule has 2 aromatic rings. The number of nitrogens with zero attached hydrogens (tertiary/aromatic N) is 1. The number of likely N-dealkylation sites (tertiary alicyclic amines) is 1. The molecule has 1 aliphatic heterocycles. The average Bonchev–Trinajstić information content (AvgIpc) is 3.30. The Bertz CT molecular complexity index is 1140. The lowest BCUT2D eigenvalue weighted by Gasteiger charge is -2.29. The van der Waals surface area contributed by atoms with Gasteiger partial charge >= 0.3 is 0 Å². The molecule has 0 radical (unpaired) electrons. The fourth-order valence-corrected chi connectivity index (χ4v) is 4.36. The lowest BCUT2D eigenvalue weighted by Crippen LogP contribution is -2.43. The third kappa shape index (κ3) is 4.35. The Labute approximate surface area is 182 Å². The third-order valence-electron chi connectivity index (χ3n) is 6.12. The van der Waals surface area contributed by atoms with Gasteiger partial charge in [0, 0.05) is 22.7 Å². The minimum absolute atomic E-state index is 0.147. The number of amides is 1. The molecule has 0 bridgehead atoms. The second-order valence-electron chi connectivity index (χ2n) is 8.30. The van der Waals surface area contributed by atoms with Crippen LogP contribution in [-0.2, 0) is 6.42 Å². The Morgan fingerprint density at radius 1 is 1.29 bits per heavy atom. The first-order valence-electron chi connectivity index (χ1n) is 10.9. The van der Waals surface area contributed by atoms with Crippen molar-refractivity contribution in [3.63, 3.8) is 0 Å². The molecule has 31 heavy (non-hydrogen) atoms. The number of furan rings is 1. The topological polar surface area (TPSA) is 81.4 Å². The molecular formula is C25H30N4O2. The smallest absolute Gasteiger partial charge is 0.289 e. The molecule has 1 aromatic heterocycles. The number of rotatable bonds is 5. The molecule has 0 unspecified atom stereocenters. The van der Waals surface area contributed by atoms with Crippen molar-refractivity contribution in [2.75, 3.05) is 25.5 Å². The molecule has 0 atom stereocenters. The lowest BCUT2D eigenvalue weighted by molar-refractivity contribution is 0.0888. The molecule has 1 amide bonds. The molecule has 1 aromatic carbocycles. The van der Waals surface area contributed by atoms with Gasteiger partial charge in [0.15, 0.2) is 0 Å². The molecule has 6 heteroatoms. The zero-order valence-electron chi connectivity index (χ0n) is 18.3. The van der Waals surface area contributed by atoms with Gasteiger partial charge in [-0.15, -0.1) is 0 Å². The van der Waals surface area contributed by atoms with Crippen molar-refractivity contribution in [1.82, 2.24) is 10.2 Å². The number of nitrogens with one attached hydrogen (secondary N) is 3. The van der Waals surface area contributed by atoms with Crippen LogP contribution in [0.4, 0.5) is 11.4 Å². The predicted molar refractivity (Wildman–Crippen MR) is 126 cm³/mol. The Balaban J connectivity index is 1.68. The molecule has 3 N–H and O–H groups in total. The predicted octanol–water partition coefficient (Wildman–Crippen LogP) is 2.93. The number of hydrogen-bond donors (Lipinski definition) is 3. The quantitative estimate of drug-likeness (QED) is 0.697. The number of hydrogen-bond acceptors (Lipinski definition) is 5. The van der Waals surface area contributed by atoms with Gasteiger partial charge in [-0.2, -0.15) is 0 Å². The summed E-state index contributed by atoms with van der Waals surface area (Å²) in [5.41, 5.74) is 5.02. The summed E-state index contributed by atoms with van der Waals surface area (Å²) in [6, 6.07) is 6.15. The highest BCUT2D eigenvalue weighted by Gasteiger charge is 2.24. The van der Waals surface area contributed by atoms with Crippen molar-refractivity contribution in [3.05, 3.63) is 58.4 Å². The summed E-state index contributed by atoms with van der Waals surface area (Å²) in [6.07, 6.45) is 8.93. The molecule has 162 valence electrons. The molecule has 4 rings (SSSR count). The highest BCUT2D eigenvalue weighted by Crippen LogP contribution is 2.27. The second-order valence-corrected chi connectivity index (χ2v) is 8.30. The maximum absolute atomic E-state index is 13.2. The Hall–Kier alpha value is -3.12. The maximum atomic E-state index is 13.2. The minimum Gasteiger partial charge on any atom is -0.449 e. The van der Waals surface area contributed by atoms with Crippen LogP contribution in [0.2, 0.25) is 0 Å². The average molecular weight is 419 g/mol. The standard InChI is InChI=1S/C25H30N4O2/c1-4-6-20-22(5-2)31-24(25(30)28-17-11-13-29(3)14-12-17)23(20)27-18-8-9-19-16(15-18)7-10-21(19)26/h4-6,8-9,15,17,26-27H,1,7,10-14H2,2-3H3,(H,28,30)/b20-6+,22-5+,26-21?. The van der Waals surface area contributed by atoms with E-state index in [1.165, 1.54) is 0 Å². The van der Waals surface area contributed by atoms with Gasteiger partial charge in [-0.1, -0.05) is 18.7 Å². The van der Waals surface area contributed by atoms with Crippen molar-refractivity contribution in [1.29, 1.82) is 5.41 Å². The van der Waals surface area contributed by atoms with E-state index >= 15 is 0 Å². The Morgan fingerprint density at radius 3 is 2.77 bits per heavy atom. The summed E-state index contributed by atoms with van der Waals surface area (Å²) in [7, 11) is 2.10. The van der Waals surface area contributed by atoms with Crippen LogP contribution >= 0.6 is 0 Å². The number of allylic oxidation sites excluding steroid dienone is 1. The van der Waals surface area contributed by atoms with Gasteiger partial charge in [-0.25, -0.2) is 0 Å². The van der Waals surface area contributed by atoms with Crippen LogP contribution < -0.4 is 21.3 Å². The minimum atomic E-state index is -0.202. The first kappa shape index (κ1) is 21.1. The SMILES string of the molecule is C=C/C=c1/c(Nc2ccc3c(c2)CCC3=N)c(C(=O)NC2CCN(C)CC2)o/c1=C/C. The van der Waals surface area contributed by atoms with Crippen LogP contribution in [0.25, 0.3) is 12.2 Å². The van der Waals surface area contributed by atoms with E-state index in [1.807, 2.05) is 31.2 Å². The molecule has 0 saturated carbocycles. The maximum Gasteiger partial charge on any atom is 0.289 e. The molecule has 6 nitrogen and oxygen atoms in total. The summed E-state index contributed by atoms with van der Waals surface area (Å²) >= 11 is 0. The van der Waals surface area contributed by atoms with Crippen molar-refractivity contribution in [3.8, 4) is 0 Å². The molecular weight excluding hydrogens is 388 g/mol. The van der Waals surface area contributed by atoms with E-state index in [0.29, 0.717) is 16.8 Å². The van der Waals surface area contributed by atoms with Gasteiger partial charge in [0.05, 0.1) is 5.69 Å². The largest absolute Gasteiger partial charge is 0.449 e. The van der Waals surface area contributed by atoms with E-state index in [2.05, 4.69) is 35.2 Å². The highest BCUT2D eigenvalue weighted by atomic mass is 16.3. The van der Waals surface area contributed by atoms with Gasteiger partial charge in [0.1, 0.15) is 5.42 Å². The first-order chi connectivity index (χ1) is 15.0. The van der Waals surface area contributed by atoms with Crippen LogP contribution in [0.3, 0.4) is 0 Å². The molecule has 0 spiro atoms. The zero-order valence-corrected chi connectivity index (χ0v) is 18.3. The number of anilines is 2. The van der Waals surface area contributed by atoms with Crippen LogP contribution in [0.15, 0.2) is 35.3 Å². The van der Waals surface area contributed by atoms with Crippen LogP contribution in [-0.4, -0.2) is 42.7 Å². The first-order valence-corrected chi connectivity index (χ1v) is 10.9. The number of carbonyl (C=O) groups is 1. The number of piperidine rings is 1. The van der Waals surface area contributed by atoms with Crippen molar-refractivity contribution >= 4 is 35.1 Å². The van der Waals surface area contributed by atoms with E-state index in [4.69, 9.17) is 9.83 Å². The molecule has 1 fully saturated rings. The van der Waals surface area contributed by atoms with Gasteiger partial charge < -0.3 is 25.4 Å². The second kappa shape index (κ2) is 8.94. The van der Waals surface area contributed by atoms with Gasteiger partial charge in [-0.05, 0) is 88.2 Å². The third-order valence-corrected chi connectivity index (χ3v) is 6.12. The number of carbonyl (C=O) groups excluding carboxylic acids is 1. The van der Waals surface area contributed by atoms with E-state index < -0.39 is 0 Å². The van der Waals surface area contributed by atoms with E-state index in [0.717, 1.165) is 60.8 Å². The summed E-state index contributed by atoms with van der Waals surface area (Å²) in [5, 5.41) is 15.4. The fraction of sp³-hybridized carbons (Fsp3) is 0.360. The van der Waals surface area contributed by atoms with Crippen molar-refractivity contribution in [2.45, 2.75) is 38.6 Å². The monoisotopic (exact) mass is 418 g/mol. The van der Waals surface area contributed by atoms with Gasteiger partial charge in [-0.3, -0.25) is 4.79 Å². The Morgan fingerprint density at radius 2 is 2.06 bits per heavy atom. The van der Waals surface area contributed by atoms with Crippen molar-refractivity contribution < 1.29 is 9.21 Å². The van der Waals surface area contributed by atoms with Crippen LogP contribution in [0, 0.1) is 5.41 Å². The highest BCUT2D eigenvalue weighted by molar-refractivity contribution is 6.03. The van der Waals surface area contributed by atoms with Crippen molar-refractivity contribution in [2.24, 2.45) is 0 Å². The zero-order chi connectivity index (χ0) is 22.0. The summed E-state index contributed by atoms with van der Waals surface area (Å²) in [4.78, 5) is 15.5. The van der Waals surface area contributed by atoms with Crippen LogP contribution in [0.5, 0.6) is 0 Å².